The molecule has 0 spiro atoms. The zero-order valence-corrected chi connectivity index (χ0v) is 12.7. The van der Waals surface area contributed by atoms with E-state index in [0.717, 1.165) is 5.56 Å². The monoisotopic (exact) mass is 302 g/mol. The Morgan fingerprint density at radius 1 is 1.19 bits per heavy atom. The molecule has 0 bridgehead atoms. The number of benzene rings is 1. The molecule has 1 aliphatic heterocycles. The van der Waals surface area contributed by atoms with E-state index in [1.54, 1.807) is 6.07 Å². The van der Waals surface area contributed by atoms with Gasteiger partial charge < -0.3 is 14.2 Å². The van der Waals surface area contributed by atoms with Crippen LogP contribution in [0.5, 0.6) is 17.2 Å². The van der Waals surface area contributed by atoms with Crippen LogP contribution in [-0.2, 0) is 0 Å². The molecule has 4 heteroatoms. The van der Waals surface area contributed by atoms with Gasteiger partial charge >= 0.3 is 0 Å². The van der Waals surface area contributed by atoms with Gasteiger partial charge in [-0.3, -0.25) is 0 Å². The van der Waals surface area contributed by atoms with Gasteiger partial charge in [0.25, 0.3) is 0 Å². The molecule has 1 aliphatic rings. The second-order valence-electron chi connectivity index (χ2n) is 4.96. The molecule has 1 aromatic carbocycles. The fraction of sp³-hybridized carbons (Fsp3) is 0.294. The molecule has 1 aromatic rings. The van der Waals surface area contributed by atoms with E-state index in [4.69, 9.17) is 38.7 Å². The van der Waals surface area contributed by atoms with Crippen LogP contribution in [0.15, 0.2) is 12.1 Å². The number of fused-ring (bicyclic) bond motifs is 1. The summed E-state index contributed by atoms with van der Waals surface area (Å²) in [6.07, 6.45) is 14.4. The molecule has 3 nitrogen and oxygen atoms in total. The van der Waals surface area contributed by atoms with Crippen LogP contribution in [0.25, 0.3) is 6.08 Å². The molecule has 0 amide bonds. The van der Waals surface area contributed by atoms with Crippen LogP contribution in [0.3, 0.4) is 0 Å². The van der Waals surface area contributed by atoms with Gasteiger partial charge in [0.15, 0.2) is 11.5 Å². The zero-order chi connectivity index (χ0) is 15.5. The van der Waals surface area contributed by atoms with Gasteiger partial charge in [-0.25, -0.2) is 0 Å². The summed E-state index contributed by atoms with van der Waals surface area (Å²) in [7, 11) is 0. The highest BCUT2D eigenvalue weighted by Gasteiger charge is 2.28. The number of rotatable bonds is 4. The Kier molecular flexibility index (Phi) is 4.36. The molecule has 108 valence electrons. The van der Waals surface area contributed by atoms with Gasteiger partial charge in [-0.05, 0) is 26.0 Å². The number of halogens is 1. The van der Waals surface area contributed by atoms with E-state index in [1.165, 1.54) is 0 Å². The molecule has 0 fully saturated rings. The third kappa shape index (κ3) is 3.27. The Hall–Kier alpha value is -2.23. The maximum absolute atomic E-state index is 6.24. The number of hydrogen-bond acceptors (Lipinski definition) is 3. The summed E-state index contributed by atoms with van der Waals surface area (Å²) in [4.78, 5) is 0. The highest BCUT2D eigenvalue weighted by Crippen LogP contribution is 2.48. The van der Waals surface area contributed by atoms with Crippen molar-refractivity contribution in [2.24, 2.45) is 0 Å². The second-order valence-corrected chi connectivity index (χ2v) is 5.37. The Morgan fingerprint density at radius 2 is 1.81 bits per heavy atom. The molecule has 0 saturated carbocycles. The van der Waals surface area contributed by atoms with Gasteiger partial charge in [-0.1, -0.05) is 29.5 Å². The summed E-state index contributed by atoms with van der Waals surface area (Å²) in [5, 5.41) is 0.393. The highest BCUT2D eigenvalue weighted by atomic mass is 35.5. The van der Waals surface area contributed by atoms with Crippen LogP contribution in [0.4, 0.5) is 0 Å². The van der Waals surface area contributed by atoms with Crippen LogP contribution >= 0.6 is 11.6 Å². The fourth-order valence-corrected chi connectivity index (χ4v) is 2.18. The summed E-state index contributed by atoms with van der Waals surface area (Å²) in [6, 6.07) is 1.75. The van der Waals surface area contributed by atoms with E-state index in [9.17, 15) is 0 Å². The summed E-state index contributed by atoms with van der Waals surface area (Å²) < 4.78 is 17.0. The quantitative estimate of drug-likeness (QED) is 0.796. The van der Waals surface area contributed by atoms with E-state index in [1.807, 2.05) is 26.0 Å². The van der Waals surface area contributed by atoms with Crippen molar-refractivity contribution in [1.82, 2.24) is 0 Å². The van der Waals surface area contributed by atoms with E-state index in [0.29, 0.717) is 22.3 Å². The molecule has 21 heavy (non-hydrogen) atoms. The first-order chi connectivity index (χ1) is 9.98. The summed E-state index contributed by atoms with van der Waals surface area (Å²) in [5.41, 5.74) is 0.345. The Labute approximate surface area is 129 Å². The lowest BCUT2D eigenvalue weighted by molar-refractivity contribution is 0.149. The number of ether oxygens (including phenoxy) is 3. The summed E-state index contributed by atoms with van der Waals surface area (Å²) in [6.45, 7) is 4.03. The SMILES string of the molecule is C#CCOc1c(Cl)cc2c(c1OCC#C)OC(C)(C)C=C2. The van der Waals surface area contributed by atoms with Crippen molar-refractivity contribution < 1.29 is 14.2 Å². The minimum absolute atomic E-state index is 0.0736. The maximum atomic E-state index is 6.24. The van der Waals surface area contributed by atoms with Gasteiger partial charge in [0, 0.05) is 5.56 Å². The average Bonchev–Trinajstić information content (AvgIpc) is 2.43. The van der Waals surface area contributed by atoms with Crippen molar-refractivity contribution in [3.63, 3.8) is 0 Å². The lowest BCUT2D eigenvalue weighted by Gasteiger charge is -2.30. The van der Waals surface area contributed by atoms with Gasteiger partial charge in [-0.15, -0.1) is 12.8 Å². The van der Waals surface area contributed by atoms with Gasteiger partial charge in [0.1, 0.15) is 18.8 Å². The van der Waals surface area contributed by atoms with Crippen molar-refractivity contribution in [3.05, 3.63) is 22.7 Å². The van der Waals surface area contributed by atoms with Crippen LogP contribution in [0.2, 0.25) is 5.02 Å². The average molecular weight is 303 g/mol. The summed E-state index contributed by atoms with van der Waals surface area (Å²) in [5.74, 6) is 6.07. The smallest absolute Gasteiger partial charge is 0.206 e. The molecule has 2 rings (SSSR count). The summed E-state index contributed by atoms with van der Waals surface area (Å²) >= 11 is 6.24. The fourth-order valence-electron chi connectivity index (χ4n) is 1.92. The van der Waals surface area contributed by atoms with E-state index >= 15 is 0 Å². The molecular formula is C17H15ClO3. The number of hydrogen-bond donors (Lipinski definition) is 0. The lowest BCUT2D eigenvalue weighted by Crippen LogP contribution is -2.28. The molecule has 0 aromatic heterocycles. The molecule has 0 N–H and O–H groups in total. The lowest BCUT2D eigenvalue weighted by atomic mass is 10.0. The minimum atomic E-state index is -0.460. The zero-order valence-electron chi connectivity index (χ0n) is 11.9. The molecule has 0 atom stereocenters. The van der Waals surface area contributed by atoms with Crippen molar-refractivity contribution in [2.45, 2.75) is 19.4 Å². The van der Waals surface area contributed by atoms with Gasteiger partial charge in [0.2, 0.25) is 5.75 Å². The molecule has 0 aliphatic carbocycles. The largest absolute Gasteiger partial charge is 0.479 e. The third-order valence-corrected chi connectivity index (χ3v) is 3.08. The molecule has 0 saturated heterocycles. The van der Waals surface area contributed by atoms with Crippen LogP contribution in [-0.4, -0.2) is 18.8 Å². The Bertz CT molecular complexity index is 660. The van der Waals surface area contributed by atoms with Gasteiger partial charge in [-0.2, -0.15) is 0 Å². The molecule has 0 radical (unpaired) electrons. The first-order valence-electron chi connectivity index (χ1n) is 6.36. The van der Waals surface area contributed by atoms with Crippen molar-refractivity contribution >= 4 is 17.7 Å². The van der Waals surface area contributed by atoms with Crippen molar-refractivity contribution in [3.8, 4) is 41.9 Å². The molecular weight excluding hydrogens is 288 g/mol. The van der Waals surface area contributed by atoms with E-state index in [-0.39, 0.29) is 13.2 Å². The van der Waals surface area contributed by atoms with E-state index in [2.05, 4.69) is 11.8 Å². The second kappa shape index (κ2) is 6.04. The Morgan fingerprint density at radius 3 is 2.43 bits per heavy atom. The highest BCUT2D eigenvalue weighted by molar-refractivity contribution is 6.32. The number of terminal acetylenes is 2. The van der Waals surface area contributed by atoms with Crippen molar-refractivity contribution in [2.75, 3.05) is 13.2 Å². The maximum Gasteiger partial charge on any atom is 0.206 e. The minimum Gasteiger partial charge on any atom is -0.479 e. The Balaban J connectivity index is 2.55. The first-order valence-corrected chi connectivity index (χ1v) is 6.73. The molecule has 1 heterocycles. The topological polar surface area (TPSA) is 27.7 Å². The van der Waals surface area contributed by atoms with Crippen molar-refractivity contribution in [1.29, 1.82) is 0 Å². The van der Waals surface area contributed by atoms with Crippen LogP contribution in [0.1, 0.15) is 19.4 Å². The predicted molar refractivity (Wildman–Crippen MR) is 83.8 cm³/mol. The first kappa shape index (κ1) is 15.2. The normalized spacial score (nSPS) is 14.3. The van der Waals surface area contributed by atoms with E-state index < -0.39 is 5.60 Å². The van der Waals surface area contributed by atoms with Crippen LogP contribution < -0.4 is 14.2 Å². The predicted octanol–water partition coefficient (Wildman–Crippen LogP) is 3.55. The van der Waals surface area contributed by atoms with Gasteiger partial charge in [0.05, 0.1) is 5.02 Å². The molecule has 0 unspecified atom stereocenters. The third-order valence-electron chi connectivity index (χ3n) is 2.80. The van der Waals surface area contributed by atoms with Crippen LogP contribution in [0, 0.1) is 24.7 Å². The standard InChI is InChI=1S/C17H15ClO3/c1-5-9-19-15-13(18)11-12-7-8-17(3,4)21-14(12)16(15)20-10-6-2/h1-2,7-8,11H,9-10H2,3-4H3.